The fourth-order valence-electron chi connectivity index (χ4n) is 3.67. The van der Waals surface area contributed by atoms with Crippen LogP contribution in [0.15, 0.2) is 29.2 Å². The number of benzene rings is 1. The van der Waals surface area contributed by atoms with Gasteiger partial charge in [0.05, 0.1) is 24.3 Å². The minimum Gasteiger partial charge on any atom is -0.481 e. The number of fused-ring (bicyclic) bond motifs is 1. The Labute approximate surface area is 206 Å². The van der Waals surface area contributed by atoms with Gasteiger partial charge in [-0.05, 0) is 56.4 Å². The van der Waals surface area contributed by atoms with Gasteiger partial charge in [-0.3, -0.25) is 14.4 Å². The van der Waals surface area contributed by atoms with E-state index in [1.54, 1.807) is 25.1 Å². The number of anilines is 2. The summed E-state index contributed by atoms with van der Waals surface area (Å²) in [4.78, 5) is 49.7. The van der Waals surface area contributed by atoms with Crippen molar-refractivity contribution in [3.8, 4) is 0 Å². The van der Waals surface area contributed by atoms with Crippen LogP contribution in [-0.4, -0.2) is 41.2 Å². The molecule has 8 nitrogen and oxygen atoms in total. The predicted molar refractivity (Wildman–Crippen MR) is 133 cm³/mol. The molecule has 2 aromatic rings. The molecule has 1 aliphatic carbocycles. The smallest absolute Gasteiger partial charge is 0.341 e. The minimum absolute atomic E-state index is 0.108. The number of ether oxygens (including phenoxy) is 1. The molecular formula is C24H28N2O6S2. The summed E-state index contributed by atoms with van der Waals surface area (Å²) >= 11 is 2.77. The molecule has 1 aliphatic rings. The molecule has 0 saturated heterocycles. The maximum atomic E-state index is 12.7. The van der Waals surface area contributed by atoms with Crippen LogP contribution in [0.1, 0.15) is 59.8 Å². The van der Waals surface area contributed by atoms with Crippen molar-refractivity contribution in [2.45, 2.75) is 56.8 Å². The van der Waals surface area contributed by atoms with E-state index in [2.05, 4.69) is 10.6 Å². The van der Waals surface area contributed by atoms with E-state index < -0.39 is 11.9 Å². The summed E-state index contributed by atoms with van der Waals surface area (Å²) in [6.45, 7) is 2.04. The van der Waals surface area contributed by atoms with Gasteiger partial charge < -0.3 is 20.5 Å². The molecule has 0 bridgehead atoms. The Kier molecular flexibility index (Phi) is 9.52. The summed E-state index contributed by atoms with van der Waals surface area (Å²) in [6, 6.07) is 7.01. The highest BCUT2D eigenvalue weighted by atomic mass is 32.2. The summed E-state index contributed by atoms with van der Waals surface area (Å²) in [5, 5.41) is 14.8. The van der Waals surface area contributed by atoms with E-state index in [0.717, 1.165) is 47.4 Å². The summed E-state index contributed by atoms with van der Waals surface area (Å²) in [7, 11) is 0. The minimum atomic E-state index is -1.03. The number of nitrogens with one attached hydrogen (secondary N) is 2. The third-order valence-electron chi connectivity index (χ3n) is 5.21. The Hall–Kier alpha value is -2.85. The van der Waals surface area contributed by atoms with E-state index in [4.69, 9.17) is 9.84 Å². The van der Waals surface area contributed by atoms with Crippen LogP contribution in [0.3, 0.4) is 0 Å². The van der Waals surface area contributed by atoms with Crippen LogP contribution in [0, 0.1) is 0 Å². The van der Waals surface area contributed by atoms with Crippen molar-refractivity contribution in [2.75, 3.05) is 23.0 Å². The first kappa shape index (κ1) is 25.8. The zero-order chi connectivity index (χ0) is 24.5. The number of hydrogen-bond donors (Lipinski definition) is 3. The SMILES string of the molecule is CCOC(=O)c1c(NC(=O)CSc2cccc(NC(=O)CCC(=O)O)c2)sc2c1CCCCC2. The predicted octanol–water partition coefficient (Wildman–Crippen LogP) is 4.73. The Morgan fingerprint density at radius 2 is 1.85 bits per heavy atom. The van der Waals surface area contributed by atoms with E-state index in [9.17, 15) is 19.2 Å². The van der Waals surface area contributed by atoms with E-state index in [1.165, 1.54) is 23.1 Å². The van der Waals surface area contributed by atoms with Crippen molar-refractivity contribution in [3.05, 3.63) is 40.3 Å². The summed E-state index contributed by atoms with van der Waals surface area (Å²) in [5.41, 5.74) is 2.04. The van der Waals surface area contributed by atoms with Gasteiger partial charge in [-0.1, -0.05) is 12.5 Å². The number of thiophene rings is 1. The lowest BCUT2D eigenvalue weighted by atomic mass is 10.1. The molecule has 1 heterocycles. The highest BCUT2D eigenvalue weighted by Gasteiger charge is 2.26. The largest absolute Gasteiger partial charge is 0.481 e. The van der Waals surface area contributed by atoms with Crippen molar-refractivity contribution in [1.29, 1.82) is 0 Å². The molecule has 182 valence electrons. The van der Waals surface area contributed by atoms with Crippen LogP contribution >= 0.6 is 23.1 Å². The second kappa shape index (κ2) is 12.6. The zero-order valence-corrected chi connectivity index (χ0v) is 20.6. The lowest BCUT2D eigenvalue weighted by Crippen LogP contribution is -2.17. The molecule has 0 spiro atoms. The molecule has 1 aromatic carbocycles. The average molecular weight is 505 g/mol. The van der Waals surface area contributed by atoms with Crippen LogP contribution in [0.5, 0.6) is 0 Å². The molecule has 0 saturated carbocycles. The van der Waals surface area contributed by atoms with Crippen LogP contribution in [0.4, 0.5) is 10.7 Å². The number of aryl methyl sites for hydroxylation is 1. The number of rotatable bonds is 10. The zero-order valence-electron chi connectivity index (χ0n) is 19.0. The molecule has 0 unspecified atom stereocenters. The maximum absolute atomic E-state index is 12.7. The molecule has 1 aromatic heterocycles. The molecule has 0 aliphatic heterocycles. The Morgan fingerprint density at radius 3 is 2.62 bits per heavy atom. The van der Waals surface area contributed by atoms with Gasteiger partial charge in [0.25, 0.3) is 0 Å². The van der Waals surface area contributed by atoms with Crippen molar-refractivity contribution in [1.82, 2.24) is 0 Å². The fraction of sp³-hybridized carbons (Fsp3) is 0.417. The van der Waals surface area contributed by atoms with Gasteiger partial charge in [0.1, 0.15) is 5.00 Å². The van der Waals surface area contributed by atoms with Crippen LogP contribution < -0.4 is 10.6 Å². The van der Waals surface area contributed by atoms with Gasteiger partial charge in [-0.25, -0.2) is 4.79 Å². The monoisotopic (exact) mass is 504 g/mol. The number of aliphatic carboxylic acids is 1. The van der Waals surface area contributed by atoms with E-state index in [0.29, 0.717) is 16.3 Å². The number of carboxylic acids is 1. The van der Waals surface area contributed by atoms with Crippen LogP contribution in [0.25, 0.3) is 0 Å². The highest BCUT2D eigenvalue weighted by molar-refractivity contribution is 8.00. The van der Waals surface area contributed by atoms with Gasteiger partial charge in [0, 0.05) is 21.9 Å². The second-order valence-corrected chi connectivity index (χ2v) is 9.95. The molecule has 3 rings (SSSR count). The number of hydrogen-bond acceptors (Lipinski definition) is 7. The van der Waals surface area contributed by atoms with Gasteiger partial charge in [-0.15, -0.1) is 23.1 Å². The van der Waals surface area contributed by atoms with Crippen LogP contribution in [-0.2, 0) is 32.0 Å². The highest BCUT2D eigenvalue weighted by Crippen LogP contribution is 2.38. The molecule has 10 heteroatoms. The number of carbonyl (C=O) groups is 4. The number of amides is 2. The number of esters is 1. The normalized spacial score (nSPS) is 12.9. The van der Waals surface area contributed by atoms with Crippen LogP contribution in [0.2, 0.25) is 0 Å². The Morgan fingerprint density at radius 1 is 1.06 bits per heavy atom. The van der Waals surface area contributed by atoms with E-state index in [-0.39, 0.29) is 37.0 Å². The van der Waals surface area contributed by atoms with Crippen molar-refractivity contribution in [2.24, 2.45) is 0 Å². The lowest BCUT2D eigenvalue weighted by molar-refractivity contribution is -0.138. The van der Waals surface area contributed by atoms with Gasteiger partial charge in [0.2, 0.25) is 11.8 Å². The topological polar surface area (TPSA) is 122 Å². The average Bonchev–Trinajstić information content (AvgIpc) is 2.97. The van der Waals surface area contributed by atoms with Gasteiger partial charge in [0.15, 0.2) is 0 Å². The lowest BCUT2D eigenvalue weighted by Gasteiger charge is -2.09. The summed E-state index contributed by atoms with van der Waals surface area (Å²) in [5.74, 6) is -1.91. The fourth-order valence-corrected chi connectivity index (χ4v) is 5.72. The van der Waals surface area contributed by atoms with E-state index >= 15 is 0 Å². The van der Waals surface area contributed by atoms with Gasteiger partial charge >= 0.3 is 11.9 Å². The molecule has 0 fully saturated rings. The molecule has 34 heavy (non-hydrogen) atoms. The first-order chi connectivity index (χ1) is 16.4. The quantitative estimate of drug-likeness (QED) is 0.243. The van der Waals surface area contributed by atoms with Crippen molar-refractivity contribution >= 4 is 57.5 Å². The number of thioether (sulfide) groups is 1. The van der Waals surface area contributed by atoms with Crippen molar-refractivity contribution < 1.29 is 29.0 Å². The summed E-state index contributed by atoms with van der Waals surface area (Å²) < 4.78 is 5.26. The summed E-state index contributed by atoms with van der Waals surface area (Å²) in [6.07, 6.45) is 4.59. The molecular weight excluding hydrogens is 476 g/mol. The Balaban J connectivity index is 1.63. The molecule has 2 amide bonds. The molecule has 0 radical (unpaired) electrons. The molecule has 0 atom stereocenters. The molecule has 3 N–H and O–H groups in total. The maximum Gasteiger partial charge on any atom is 0.341 e. The second-order valence-electron chi connectivity index (χ2n) is 7.80. The van der Waals surface area contributed by atoms with Crippen molar-refractivity contribution in [3.63, 3.8) is 0 Å². The number of carboxylic acid groups (broad SMARTS) is 1. The third-order valence-corrected chi connectivity index (χ3v) is 7.41. The number of carbonyl (C=O) groups excluding carboxylic acids is 3. The first-order valence-electron chi connectivity index (χ1n) is 11.2. The first-order valence-corrected chi connectivity index (χ1v) is 13.0. The van der Waals surface area contributed by atoms with Gasteiger partial charge in [-0.2, -0.15) is 0 Å². The van der Waals surface area contributed by atoms with E-state index in [1.807, 2.05) is 6.07 Å². The standard InChI is InChI=1S/C24H28N2O6S2/c1-2-32-24(31)22-17-9-4-3-5-10-18(17)34-23(22)26-20(28)14-33-16-8-6-7-15(13-16)25-19(27)11-12-21(29)30/h6-8,13H,2-5,9-12,14H2,1H3,(H,25,27)(H,26,28)(H,29,30). The third kappa shape index (κ3) is 7.33. The Bertz CT molecular complexity index is 1070.